The van der Waals surface area contributed by atoms with Gasteiger partial charge >= 0.3 is 0 Å². The Morgan fingerprint density at radius 2 is 2.09 bits per heavy atom. The topological polar surface area (TPSA) is 85.2 Å². The molecule has 0 aliphatic rings. The summed E-state index contributed by atoms with van der Waals surface area (Å²) in [6.45, 7) is 4.51. The largest absolute Gasteiger partial charge is 0.375 e. The molecule has 0 aliphatic carbocycles. The van der Waals surface area contributed by atoms with Crippen LogP contribution in [0.5, 0.6) is 0 Å². The first kappa shape index (κ1) is 16.7. The van der Waals surface area contributed by atoms with Gasteiger partial charge in [0, 0.05) is 31.2 Å². The van der Waals surface area contributed by atoms with E-state index >= 15 is 0 Å². The molecule has 23 heavy (non-hydrogen) atoms. The van der Waals surface area contributed by atoms with Crippen LogP contribution in [0, 0.1) is 6.92 Å². The number of carbonyl (C=O) groups excluding carboxylic acids is 2. The Labute approximate surface area is 134 Å². The lowest BCUT2D eigenvalue weighted by molar-refractivity contribution is -0.119. The third-order valence-corrected chi connectivity index (χ3v) is 3.26. The van der Waals surface area contributed by atoms with Gasteiger partial charge in [0.15, 0.2) is 0 Å². The van der Waals surface area contributed by atoms with Crippen LogP contribution < -0.4 is 10.6 Å². The smallest absolute Gasteiger partial charge is 0.258 e. The maximum absolute atomic E-state index is 12.3. The van der Waals surface area contributed by atoms with E-state index in [9.17, 15) is 9.59 Å². The SMILES string of the molecule is CCn1cc(C(=O)Nc2cc(NC(=O)COC)ccc2C)cn1. The zero-order valence-electron chi connectivity index (χ0n) is 13.4. The van der Waals surface area contributed by atoms with Crippen LogP contribution in [0.15, 0.2) is 30.6 Å². The van der Waals surface area contributed by atoms with Crippen molar-refractivity contribution in [2.75, 3.05) is 24.4 Å². The predicted molar refractivity (Wildman–Crippen MR) is 87.5 cm³/mol. The molecular formula is C16H20N4O3. The quantitative estimate of drug-likeness (QED) is 0.854. The second kappa shape index (κ2) is 7.55. The molecule has 0 spiro atoms. The van der Waals surface area contributed by atoms with E-state index in [1.165, 1.54) is 13.3 Å². The number of hydrogen-bond acceptors (Lipinski definition) is 4. The molecule has 7 heteroatoms. The van der Waals surface area contributed by atoms with Crippen LogP contribution in [0.25, 0.3) is 0 Å². The first-order valence-electron chi connectivity index (χ1n) is 7.26. The summed E-state index contributed by atoms with van der Waals surface area (Å²) >= 11 is 0. The molecule has 0 unspecified atom stereocenters. The Morgan fingerprint density at radius 3 is 2.74 bits per heavy atom. The number of amides is 2. The molecule has 2 rings (SSSR count). The van der Waals surface area contributed by atoms with E-state index in [4.69, 9.17) is 4.74 Å². The maximum Gasteiger partial charge on any atom is 0.258 e. The molecule has 0 saturated carbocycles. The zero-order chi connectivity index (χ0) is 16.8. The van der Waals surface area contributed by atoms with Crippen LogP contribution in [-0.2, 0) is 16.1 Å². The molecule has 1 aromatic heterocycles. The number of ether oxygens (including phenoxy) is 1. The number of methoxy groups -OCH3 is 1. The number of anilines is 2. The molecule has 1 aromatic carbocycles. The molecule has 2 N–H and O–H groups in total. The van der Waals surface area contributed by atoms with E-state index in [0.717, 1.165) is 5.56 Å². The molecule has 0 fully saturated rings. The Morgan fingerprint density at radius 1 is 1.30 bits per heavy atom. The number of benzene rings is 1. The van der Waals surface area contributed by atoms with E-state index in [-0.39, 0.29) is 18.4 Å². The lowest BCUT2D eigenvalue weighted by Gasteiger charge is -2.11. The Bertz CT molecular complexity index is 709. The molecule has 7 nitrogen and oxygen atoms in total. The van der Waals surface area contributed by atoms with Crippen molar-refractivity contribution < 1.29 is 14.3 Å². The summed E-state index contributed by atoms with van der Waals surface area (Å²) in [5, 5.41) is 9.62. The number of nitrogens with zero attached hydrogens (tertiary/aromatic N) is 2. The van der Waals surface area contributed by atoms with Gasteiger partial charge in [0.1, 0.15) is 6.61 Å². The van der Waals surface area contributed by atoms with E-state index in [2.05, 4.69) is 15.7 Å². The lowest BCUT2D eigenvalue weighted by atomic mass is 10.1. The molecular weight excluding hydrogens is 296 g/mol. The van der Waals surface area contributed by atoms with Crippen LogP contribution in [0.3, 0.4) is 0 Å². The van der Waals surface area contributed by atoms with Crippen LogP contribution >= 0.6 is 0 Å². The summed E-state index contributed by atoms with van der Waals surface area (Å²) in [4.78, 5) is 23.8. The first-order chi connectivity index (χ1) is 11.0. The normalized spacial score (nSPS) is 10.4. The summed E-state index contributed by atoms with van der Waals surface area (Å²) in [5.41, 5.74) is 2.61. The highest BCUT2D eigenvalue weighted by atomic mass is 16.5. The number of hydrogen-bond donors (Lipinski definition) is 2. The maximum atomic E-state index is 12.3. The van der Waals surface area contributed by atoms with Gasteiger partial charge in [-0.15, -0.1) is 0 Å². The van der Waals surface area contributed by atoms with Crippen molar-refractivity contribution in [1.29, 1.82) is 0 Å². The molecule has 0 aliphatic heterocycles. The van der Waals surface area contributed by atoms with Gasteiger partial charge in [-0.1, -0.05) is 6.07 Å². The molecule has 0 saturated heterocycles. The van der Waals surface area contributed by atoms with Gasteiger partial charge in [-0.25, -0.2) is 0 Å². The highest BCUT2D eigenvalue weighted by molar-refractivity contribution is 6.04. The second-order valence-corrected chi connectivity index (χ2v) is 5.05. The summed E-state index contributed by atoms with van der Waals surface area (Å²) < 4.78 is 6.46. The minimum Gasteiger partial charge on any atom is -0.375 e. The van der Waals surface area contributed by atoms with Crippen molar-refractivity contribution in [2.24, 2.45) is 0 Å². The predicted octanol–water partition coefficient (Wildman–Crippen LogP) is 2.05. The van der Waals surface area contributed by atoms with Crippen LogP contribution in [0.1, 0.15) is 22.8 Å². The highest BCUT2D eigenvalue weighted by Gasteiger charge is 2.11. The summed E-state index contributed by atoms with van der Waals surface area (Å²) in [6.07, 6.45) is 3.22. The van der Waals surface area contributed by atoms with Crippen molar-refractivity contribution in [3.8, 4) is 0 Å². The van der Waals surface area contributed by atoms with Crippen molar-refractivity contribution in [3.63, 3.8) is 0 Å². The van der Waals surface area contributed by atoms with Crippen molar-refractivity contribution >= 4 is 23.2 Å². The molecule has 122 valence electrons. The van der Waals surface area contributed by atoms with Gasteiger partial charge in [-0.05, 0) is 31.5 Å². The van der Waals surface area contributed by atoms with E-state index in [1.807, 2.05) is 19.9 Å². The summed E-state index contributed by atoms with van der Waals surface area (Å²) in [5.74, 6) is -0.494. The van der Waals surface area contributed by atoms with Gasteiger partial charge in [0.25, 0.3) is 5.91 Å². The summed E-state index contributed by atoms with van der Waals surface area (Å²) in [6, 6.07) is 5.31. The Kier molecular flexibility index (Phi) is 5.48. The standard InChI is InChI=1S/C16H20N4O3/c1-4-20-9-12(8-17-20)16(22)19-14-7-13(6-5-11(14)2)18-15(21)10-23-3/h5-9H,4,10H2,1-3H3,(H,18,21)(H,19,22). The third-order valence-electron chi connectivity index (χ3n) is 3.26. The van der Waals surface area contributed by atoms with E-state index in [0.29, 0.717) is 23.5 Å². The zero-order valence-corrected chi connectivity index (χ0v) is 13.4. The fraction of sp³-hybridized carbons (Fsp3) is 0.312. The number of carbonyl (C=O) groups is 2. The lowest BCUT2D eigenvalue weighted by Crippen LogP contribution is -2.17. The van der Waals surface area contributed by atoms with Gasteiger partial charge in [-0.2, -0.15) is 5.10 Å². The Hall–Kier alpha value is -2.67. The van der Waals surface area contributed by atoms with Crippen LogP contribution in [0.4, 0.5) is 11.4 Å². The van der Waals surface area contributed by atoms with Gasteiger partial charge in [-0.3, -0.25) is 14.3 Å². The molecule has 2 aromatic rings. The minimum atomic E-state index is -0.252. The fourth-order valence-corrected chi connectivity index (χ4v) is 2.01. The van der Waals surface area contributed by atoms with Crippen LogP contribution in [0.2, 0.25) is 0 Å². The molecule has 1 heterocycles. The number of aromatic nitrogens is 2. The van der Waals surface area contributed by atoms with Crippen molar-refractivity contribution in [1.82, 2.24) is 9.78 Å². The van der Waals surface area contributed by atoms with E-state index in [1.54, 1.807) is 23.0 Å². The molecule has 0 radical (unpaired) electrons. The molecule has 0 bridgehead atoms. The Balaban J connectivity index is 2.12. The van der Waals surface area contributed by atoms with Crippen LogP contribution in [-0.4, -0.2) is 35.3 Å². The van der Waals surface area contributed by atoms with E-state index < -0.39 is 0 Å². The number of rotatable bonds is 6. The highest BCUT2D eigenvalue weighted by Crippen LogP contribution is 2.21. The van der Waals surface area contributed by atoms with Gasteiger partial charge in [0.2, 0.25) is 5.91 Å². The average Bonchev–Trinajstić information content (AvgIpc) is 3.00. The third kappa shape index (κ3) is 4.40. The minimum absolute atomic E-state index is 0.0221. The number of nitrogens with one attached hydrogen (secondary N) is 2. The average molecular weight is 316 g/mol. The number of aryl methyl sites for hydroxylation is 2. The van der Waals surface area contributed by atoms with Gasteiger partial charge in [0.05, 0.1) is 11.8 Å². The van der Waals surface area contributed by atoms with Crippen molar-refractivity contribution in [3.05, 3.63) is 41.7 Å². The first-order valence-corrected chi connectivity index (χ1v) is 7.26. The summed E-state index contributed by atoms with van der Waals surface area (Å²) in [7, 11) is 1.46. The van der Waals surface area contributed by atoms with Gasteiger partial charge < -0.3 is 15.4 Å². The fourth-order valence-electron chi connectivity index (χ4n) is 2.01. The second-order valence-electron chi connectivity index (χ2n) is 5.05. The molecule has 2 amide bonds. The monoisotopic (exact) mass is 316 g/mol. The molecule has 0 atom stereocenters. The van der Waals surface area contributed by atoms with Crippen molar-refractivity contribution in [2.45, 2.75) is 20.4 Å².